The molecule has 3 aromatic rings. The van der Waals surface area contributed by atoms with Crippen LogP contribution in [0.4, 0.5) is 4.39 Å². The molecule has 4 nitrogen and oxygen atoms in total. The molecule has 2 aromatic heterocycles. The summed E-state index contributed by atoms with van der Waals surface area (Å²) in [4.78, 5) is 4.28. The molecule has 0 unspecified atom stereocenters. The van der Waals surface area contributed by atoms with Gasteiger partial charge in [-0.05, 0) is 29.8 Å². The second-order valence-corrected chi connectivity index (χ2v) is 7.70. The number of halogens is 1. The summed E-state index contributed by atoms with van der Waals surface area (Å²) >= 11 is 1.34. The normalized spacial score (nSPS) is 11.7. The lowest BCUT2D eigenvalue weighted by Crippen LogP contribution is -2.08. The van der Waals surface area contributed by atoms with E-state index in [0.29, 0.717) is 22.0 Å². The molecule has 1 aromatic carbocycles. The summed E-state index contributed by atoms with van der Waals surface area (Å²) in [5.41, 5.74) is 1.04. The van der Waals surface area contributed by atoms with Crippen LogP contribution >= 0.6 is 11.3 Å². The molecule has 0 aliphatic rings. The molecular formula is C15H12FNO3S2. The first-order valence-corrected chi connectivity index (χ1v) is 9.15. The maximum atomic E-state index is 12.8. The Morgan fingerprint density at radius 1 is 1.14 bits per heavy atom. The van der Waals surface area contributed by atoms with Crippen molar-refractivity contribution in [3.63, 3.8) is 0 Å². The van der Waals surface area contributed by atoms with Gasteiger partial charge in [-0.1, -0.05) is 12.1 Å². The van der Waals surface area contributed by atoms with Gasteiger partial charge < -0.3 is 4.42 Å². The SMILES string of the molecule is O=S(=O)(Cc1ccc(F)cc1)Cc1csc(-c2ccco2)n1. The Bertz CT molecular complexity index is 853. The number of hydrogen-bond acceptors (Lipinski definition) is 5. The van der Waals surface area contributed by atoms with E-state index in [4.69, 9.17) is 4.42 Å². The van der Waals surface area contributed by atoms with Gasteiger partial charge in [0.1, 0.15) is 5.82 Å². The molecule has 0 atom stereocenters. The van der Waals surface area contributed by atoms with Crippen LogP contribution in [0.3, 0.4) is 0 Å². The summed E-state index contributed by atoms with van der Waals surface area (Å²) in [6, 6.07) is 8.98. The van der Waals surface area contributed by atoms with Crippen LogP contribution in [-0.4, -0.2) is 13.4 Å². The van der Waals surface area contributed by atoms with Crippen molar-refractivity contribution >= 4 is 21.2 Å². The molecule has 7 heteroatoms. The third kappa shape index (κ3) is 3.61. The van der Waals surface area contributed by atoms with Gasteiger partial charge in [-0.3, -0.25) is 0 Å². The van der Waals surface area contributed by atoms with Crippen LogP contribution in [0.1, 0.15) is 11.3 Å². The summed E-state index contributed by atoms with van der Waals surface area (Å²) in [6.45, 7) is 0. The van der Waals surface area contributed by atoms with E-state index >= 15 is 0 Å². The Balaban J connectivity index is 1.73. The standard InChI is InChI=1S/C15H12FNO3S2/c16-12-5-3-11(4-6-12)9-22(18,19)10-13-8-21-15(17-13)14-2-1-7-20-14/h1-8H,9-10H2. The van der Waals surface area contributed by atoms with Crippen LogP contribution in [0.15, 0.2) is 52.5 Å². The number of nitrogens with zero attached hydrogens (tertiary/aromatic N) is 1. The molecular weight excluding hydrogens is 325 g/mol. The topological polar surface area (TPSA) is 60.2 Å². The summed E-state index contributed by atoms with van der Waals surface area (Å²) < 4.78 is 42.5. The van der Waals surface area contributed by atoms with Crippen molar-refractivity contribution in [1.82, 2.24) is 4.98 Å². The van der Waals surface area contributed by atoms with Crippen molar-refractivity contribution in [3.8, 4) is 10.8 Å². The number of thiazole rings is 1. The van der Waals surface area contributed by atoms with Crippen LogP contribution in [-0.2, 0) is 21.3 Å². The van der Waals surface area contributed by atoms with E-state index in [-0.39, 0.29) is 17.3 Å². The Hall–Kier alpha value is -1.99. The van der Waals surface area contributed by atoms with Crippen molar-refractivity contribution in [3.05, 3.63) is 65.1 Å². The molecule has 0 saturated heterocycles. The molecule has 0 fully saturated rings. The first-order chi connectivity index (χ1) is 10.5. The molecule has 0 aliphatic heterocycles. The Morgan fingerprint density at radius 3 is 2.59 bits per heavy atom. The van der Waals surface area contributed by atoms with Crippen molar-refractivity contribution in [1.29, 1.82) is 0 Å². The van der Waals surface area contributed by atoms with Crippen molar-refractivity contribution in [2.75, 3.05) is 0 Å². The number of aromatic nitrogens is 1. The minimum Gasteiger partial charge on any atom is -0.462 e. The number of furan rings is 1. The molecule has 22 heavy (non-hydrogen) atoms. The summed E-state index contributed by atoms with van der Waals surface area (Å²) in [7, 11) is -3.36. The predicted molar refractivity (Wildman–Crippen MR) is 82.5 cm³/mol. The summed E-state index contributed by atoms with van der Waals surface area (Å²) in [6.07, 6.45) is 1.54. The predicted octanol–water partition coefficient (Wildman–Crippen LogP) is 3.66. The number of sulfone groups is 1. The average molecular weight is 337 g/mol. The smallest absolute Gasteiger partial charge is 0.162 e. The second-order valence-electron chi connectivity index (χ2n) is 4.78. The zero-order valence-corrected chi connectivity index (χ0v) is 13.0. The van der Waals surface area contributed by atoms with Crippen molar-refractivity contribution in [2.24, 2.45) is 0 Å². The van der Waals surface area contributed by atoms with Gasteiger partial charge in [0.05, 0.1) is 23.5 Å². The van der Waals surface area contributed by atoms with Gasteiger partial charge in [0.2, 0.25) is 0 Å². The van der Waals surface area contributed by atoms with Crippen LogP contribution in [0.5, 0.6) is 0 Å². The average Bonchev–Trinajstić information content (AvgIpc) is 3.11. The van der Waals surface area contributed by atoms with Crippen molar-refractivity contribution in [2.45, 2.75) is 11.5 Å². The van der Waals surface area contributed by atoms with E-state index in [9.17, 15) is 12.8 Å². The first kappa shape index (κ1) is 14.9. The molecule has 114 valence electrons. The lowest BCUT2D eigenvalue weighted by Gasteiger charge is -2.02. The Morgan fingerprint density at radius 2 is 1.91 bits per heavy atom. The molecule has 0 spiro atoms. The molecule has 0 N–H and O–H groups in total. The second kappa shape index (κ2) is 6.02. The lowest BCUT2D eigenvalue weighted by atomic mass is 10.2. The fourth-order valence-corrected chi connectivity index (χ4v) is 4.29. The van der Waals surface area contributed by atoms with Gasteiger partial charge in [-0.2, -0.15) is 0 Å². The number of hydrogen-bond donors (Lipinski definition) is 0. The van der Waals surface area contributed by atoms with Gasteiger partial charge in [-0.15, -0.1) is 11.3 Å². The Kier molecular flexibility index (Phi) is 4.08. The van der Waals surface area contributed by atoms with E-state index < -0.39 is 9.84 Å². The first-order valence-electron chi connectivity index (χ1n) is 6.45. The van der Waals surface area contributed by atoms with Crippen LogP contribution in [0.2, 0.25) is 0 Å². The molecule has 2 heterocycles. The number of benzene rings is 1. The summed E-state index contributed by atoms with van der Waals surface area (Å²) in [5.74, 6) is -0.0569. The molecule has 0 aliphatic carbocycles. The van der Waals surface area contributed by atoms with Crippen LogP contribution in [0.25, 0.3) is 10.8 Å². The zero-order valence-electron chi connectivity index (χ0n) is 11.4. The minimum absolute atomic E-state index is 0.138. The monoisotopic (exact) mass is 337 g/mol. The zero-order chi connectivity index (χ0) is 15.6. The molecule has 0 bridgehead atoms. The highest BCUT2D eigenvalue weighted by atomic mass is 32.2. The van der Waals surface area contributed by atoms with Gasteiger partial charge in [0.25, 0.3) is 0 Å². The number of rotatable bonds is 5. The van der Waals surface area contributed by atoms with E-state index in [1.165, 1.54) is 35.6 Å². The third-order valence-electron chi connectivity index (χ3n) is 2.95. The van der Waals surface area contributed by atoms with E-state index in [2.05, 4.69) is 4.98 Å². The fourth-order valence-electron chi connectivity index (χ4n) is 2.00. The highest BCUT2D eigenvalue weighted by Gasteiger charge is 2.16. The molecule has 0 saturated carbocycles. The van der Waals surface area contributed by atoms with Gasteiger partial charge in [-0.25, -0.2) is 17.8 Å². The lowest BCUT2D eigenvalue weighted by molar-refractivity contribution is 0.581. The summed E-state index contributed by atoms with van der Waals surface area (Å²) in [5, 5.41) is 2.36. The Labute approximate surface area is 131 Å². The molecule has 0 amide bonds. The largest absolute Gasteiger partial charge is 0.462 e. The maximum Gasteiger partial charge on any atom is 0.162 e. The fraction of sp³-hybridized carbons (Fsp3) is 0.133. The van der Waals surface area contributed by atoms with Crippen LogP contribution in [0, 0.1) is 5.82 Å². The molecule has 0 radical (unpaired) electrons. The highest BCUT2D eigenvalue weighted by molar-refractivity contribution is 7.89. The quantitative estimate of drug-likeness (QED) is 0.713. The maximum absolute atomic E-state index is 12.8. The third-order valence-corrected chi connectivity index (χ3v) is 5.37. The van der Waals surface area contributed by atoms with E-state index in [1.807, 2.05) is 0 Å². The van der Waals surface area contributed by atoms with Crippen LogP contribution < -0.4 is 0 Å². The van der Waals surface area contributed by atoms with Gasteiger partial charge in [0.15, 0.2) is 20.6 Å². The minimum atomic E-state index is -3.36. The van der Waals surface area contributed by atoms with E-state index in [0.717, 1.165) is 0 Å². The van der Waals surface area contributed by atoms with Gasteiger partial charge >= 0.3 is 0 Å². The molecule has 3 rings (SSSR count). The highest BCUT2D eigenvalue weighted by Crippen LogP contribution is 2.25. The van der Waals surface area contributed by atoms with Crippen molar-refractivity contribution < 1.29 is 17.2 Å². The van der Waals surface area contributed by atoms with Gasteiger partial charge in [0, 0.05) is 5.38 Å². The van der Waals surface area contributed by atoms with E-state index in [1.54, 1.807) is 23.8 Å².